The summed E-state index contributed by atoms with van der Waals surface area (Å²) in [6.07, 6.45) is 0. The third-order valence-corrected chi connectivity index (χ3v) is 3.18. The average Bonchev–Trinajstić information content (AvgIpc) is 2.40. The van der Waals surface area contributed by atoms with E-state index in [4.69, 9.17) is 5.73 Å². The summed E-state index contributed by atoms with van der Waals surface area (Å²) >= 11 is 0. The summed E-state index contributed by atoms with van der Waals surface area (Å²) in [4.78, 5) is 11.1. The third-order valence-electron chi connectivity index (χ3n) is 3.18. The van der Waals surface area contributed by atoms with Gasteiger partial charge < -0.3 is 11.1 Å². The molecule has 0 spiro atoms. The Labute approximate surface area is 117 Å². The molecule has 0 saturated heterocycles. The van der Waals surface area contributed by atoms with E-state index in [9.17, 15) is 9.18 Å². The Morgan fingerprint density at radius 2 is 1.95 bits per heavy atom. The van der Waals surface area contributed by atoms with Crippen LogP contribution in [-0.2, 0) is 6.54 Å². The SMILES string of the molecule is Cc1ccc(F)c(CNc2ccc(C(N)=O)cc2C)c1. The van der Waals surface area contributed by atoms with Gasteiger partial charge in [-0.05, 0) is 43.7 Å². The summed E-state index contributed by atoms with van der Waals surface area (Å²) in [7, 11) is 0. The molecule has 0 fully saturated rings. The van der Waals surface area contributed by atoms with E-state index in [1.54, 1.807) is 24.3 Å². The molecule has 0 bridgehead atoms. The monoisotopic (exact) mass is 272 g/mol. The number of anilines is 1. The maximum atomic E-state index is 13.6. The molecule has 4 heteroatoms. The number of benzene rings is 2. The molecular formula is C16H17FN2O. The lowest BCUT2D eigenvalue weighted by atomic mass is 10.1. The Balaban J connectivity index is 2.15. The van der Waals surface area contributed by atoms with Crippen LogP contribution < -0.4 is 11.1 Å². The summed E-state index contributed by atoms with van der Waals surface area (Å²) in [6.45, 7) is 4.20. The van der Waals surface area contributed by atoms with Gasteiger partial charge in [0.15, 0.2) is 0 Å². The number of aryl methyl sites for hydroxylation is 2. The van der Waals surface area contributed by atoms with Gasteiger partial charge in [-0.2, -0.15) is 0 Å². The Hall–Kier alpha value is -2.36. The minimum atomic E-state index is -0.454. The molecule has 0 aliphatic rings. The number of carbonyl (C=O) groups excluding carboxylic acids is 1. The van der Waals surface area contributed by atoms with Crippen molar-refractivity contribution in [3.8, 4) is 0 Å². The van der Waals surface area contributed by atoms with Crippen molar-refractivity contribution in [2.45, 2.75) is 20.4 Å². The van der Waals surface area contributed by atoms with Crippen molar-refractivity contribution < 1.29 is 9.18 Å². The molecule has 104 valence electrons. The molecule has 0 aliphatic heterocycles. The first-order valence-corrected chi connectivity index (χ1v) is 6.36. The molecule has 0 radical (unpaired) electrons. The van der Waals surface area contributed by atoms with E-state index in [1.807, 2.05) is 19.9 Å². The highest BCUT2D eigenvalue weighted by Crippen LogP contribution is 2.18. The number of hydrogen-bond acceptors (Lipinski definition) is 2. The highest BCUT2D eigenvalue weighted by molar-refractivity contribution is 5.93. The molecule has 0 atom stereocenters. The molecule has 3 nitrogen and oxygen atoms in total. The van der Waals surface area contributed by atoms with Crippen molar-refractivity contribution in [3.05, 3.63) is 64.5 Å². The number of nitrogens with one attached hydrogen (secondary N) is 1. The Morgan fingerprint density at radius 3 is 2.60 bits per heavy atom. The van der Waals surface area contributed by atoms with E-state index >= 15 is 0 Å². The zero-order chi connectivity index (χ0) is 14.7. The van der Waals surface area contributed by atoms with Crippen molar-refractivity contribution >= 4 is 11.6 Å². The van der Waals surface area contributed by atoms with Gasteiger partial charge in [-0.1, -0.05) is 17.7 Å². The second-order valence-electron chi connectivity index (χ2n) is 4.84. The van der Waals surface area contributed by atoms with Gasteiger partial charge in [0.1, 0.15) is 5.82 Å². The van der Waals surface area contributed by atoms with Crippen LogP contribution in [0.15, 0.2) is 36.4 Å². The Bertz CT molecular complexity index is 653. The Kier molecular flexibility index (Phi) is 4.03. The summed E-state index contributed by atoms with van der Waals surface area (Å²) in [5.41, 5.74) is 9.08. The zero-order valence-electron chi connectivity index (χ0n) is 11.5. The smallest absolute Gasteiger partial charge is 0.248 e. The standard InChI is InChI=1S/C16H17FN2O/c1-10-3-5-14(17)13(7-10)9-19-15-6-4-12(16(18)20)8-11(15)2/h3-8,19H,9H2,1-2H3,(H2,18,20). The molecule has 3 N–H and O–H groups in total. The van der Waals surface area contributed by atoms with Crippen LogP contribution in [0.4, 0.5) is 10.1 Å². The van der Waals surface area contributed by atoms with Crippen LogP contribution in [0.3, 0.4) is 0 Å². The van der Waals surface area contributed by atoms with Crippen molar-refractivity contribution in [2.24, 2.45) is 5.73 Å². The molecule has 20 heavy (non-hydrogen) atoms. The van der Waals surface area contributed by atoms with Crippen LogP contribution in [0.2, 0.25) is 0 Å². The fourth-order valence-corrected chi connectivity index (χ4v) is 2.04. The highest BCUT2D eigenvalue weighted by atomic mass is 19.1. The number of hydrogen-bond donors (Lipinski definition) is 2. The van der Waals surface area contributed by atoms with Gasteiger partial charge in [0, 0.05) is 23.4 Å². The molecule has 2 rings (SSSR count). The van der Waals surface area contributed by atoms with Crippen LogP contribution in [-0.4, -0.2) is 5.91 Å². The van der Waals surface area contributed by atoms with E-state index in [2.05, 4.69) is 5.32 Å². The molecular weight excluding hydrogens is 255 g/mol. The first-order chi connectivity index (χ1) is 9.47. The number of amides is 1. The van der Waals surface area contributed by atoms with Crippen LogP contribution in [0.1, 0.15) is 27.0 Å². The molecule has 0 aliphatic carbocycles. The molecule has 0 unspecified atom stereocenters. The van der Waals surface area contributed by atoms with Gasteiger partial charge in [-0.15, -0.1) is 0 Å². The molecule has 0 saturated carbocycles. The fourth-order valence-electron chi connectivity index (χ4n) is 2.04. The third kappa shape index (κ3) is 3.15. The number of nitrogens with two attached hydrogens (primary N) is 1. The normalized spacial score (nSPS) is 10.3. The number of halogens is 1. The lowest BCUT2D eigenvalue weighted by molar-refractivity contribution is 0.1000. The van der Waals surface area contributed by atoms with Crippen LogP contribution in [0.5, 0.6) is 0 Å². The number of rotatable bonds is 4. The number of carbonyl (C=O) groups is 1. The van der Waals surface area contributed by atoms with Crippen molar-refractivity contribution in [1.82, 2.24) is 0 Å². The minimum Gasteiger partial charge on any atom is -0.381 e. The largest absolute Gasteiger partial charge is 0.381 e. The van der Waals surface area contributed by atoms with E-state index in [1.165, 1.54) is 6.07 Å². The van der Waals surface area contributed by atoms with Crippen molar-refractivity contribution in [2.75, 3.05) is 5.32 Å². The van der Waals surface area contributed by atoms with E-state index in [0.717, 1.165) is 16.8 Å². The molecule has 0 heterocycles. The minimum absolute atomic E-state index is 0.227. The Morgan fingerprint density at radius 1 is 1.20 bits per heavy atom. The van der Waals surface area contributed by atoms with Gasteiger partial charge >= 0.3 is 0 Å². The lowest BCUT2D eigenvalue weighted by Gasteiger charge is -2.11. The maximum Gasteiger partial charge on any atom is 0.248 e. The summed E-state index contributed by atoms with van der Waals surface area (Å²) in [6, 6.07) is 10.2. The van der Waals surface area contributed by atoms with Crippen LogP contribution in [0.25, 0.3) is 0 Å². The maximum absolute atomic E-state index is 13.6. The predicted octanol–water partition coefficient (Wildman–Crippen LogP) is 3.15. The number of primary amides is 1. The van der Waals surface area contributed by atoms with Crippen molar-refractivity contribution in [3.63, 3.8) is 0 Å². The first kappa shape index (κ1) is 14.1. The van der Waals surface area contributed by atoms with Crippen molar-refractivity contribution in [1.29, 1.82) is 0 Å². The van der Waals surface area contributed by atoms with Gasteiger partial charge in [0.05, 0.1) is 0 Å². The topological polar surface area (TPSA) is 55.1 Å². The summed E-state index contributed by atoms with van der Waals surface area (Å²) in [5.74, 6) is -0.682. The average molecular weight is 272 g/mol. The first-order valence-electron chi connectivity index (χ1n) is 6.36. The molecule has 2 aromatic carbocycles. The van der Waals surface area contributed by atoms with Crippen LogP contribution >= 0.6 is 0 Å². The highest BCUT2D eigenvalue weighted by Gasteiger charge is 2.06. The van der Waals surface area contributed by atoms with E-state index < -0.39 is 5.91 Å². The molecule has 1 amide bonds. The van der Waals surface area contributed by atoms with Gasteiger partial charge in [-0.25, -0.2) is 4.39 Å². The fraction of sp³-hybridized carbons (Fsp3) is 0.188. The van der Waals surface area contributed by atoms with Gasteiger partial charge in [0.25, 0.3) is 0 Å². The predicted molar refractivity (Wildman–Crippen MR) is 78.2 cm³/mol. The van der Waals surface area contributed by atoms with Gasteiger partial charge in [-0.3, -0.25) is 4.79 Å². The van der Waals surface area contributed by atoms with Crippen LogP contribution in [0, 0.1) is 19.7 Å². The lowest BCUT2D eigenvalue weighted by Crippen LogP contribution is -2.11. The molecule has 2 aromatic rings. The van der Waals surface area contributed by atoms with E-state index in [-0.39, 0.29) is 5.82 Å². The summed E-state index contributed by atoms with van der Waals surface area (Å²) in [5, 5.41) is 3.17. The molecule has 0 aromatic heterocycles. The quantitative estimate of drug-likeness (QED) is 0.898. The zero-order valence-corrected chi connectivity index (χ0v) is 11.5. The summed E-state index contributed by atoms with van der Waals surface area (Å²) < 4.78 is 13.6. The van der Waals surface area contributed by atoms with Gasteiger partial charge in [0.2, 0.25) is 5.91 Å². The second kappa shape index (κ2) is 5.74. The van der Waals surface area contributed by atoms with E-state index in [0.29, 0.717) is 17.7 Å². The second-order valence-corrected chi connectivity index (χ2v) is 4.84.